The van der Waals surface area contributed by atoms with E-state index in [0.29, 0.717) is 17.6 Å². The molecule has 0 bridgehead atoms. The van der Waals surface area contributed by atoms with E-state index in [-0.39, 0.29) is 17.7 Å². The van der Waals surface area contributed by atoms with Gasteiger partial charge in [-0.1, -0.05) is 24.4 Å². The third kappa shape index (κ3) is 3.39. The topological polar surface area (TPSA) is 69.0 Å². The molecule has 7 heteroatoms. The monoisotopic (exact) mass is 320 g/mol. The van der Waals surface area contributed by atoms with Gasteiger partial charge in [-0.05, 0) is 25.0 Å². The van der Waals surface area contributed by atoms with Crippen molar-refractivity contribution in [2.24, 2.45) is 0 Å². The highest BCUT2D eigenvalue weighted by atomic mass is 35.5. The average Bonchev–Trinajstić information content (AvgIpc) is 3.17. The third-order valence-corrected chi connectivity index (χ3v) is 3.98. The van der Waals surface area contributed by atoms with E-state index >= 15 is 0 Å². The summed E-state index contributed by atoms with van der Waals surface area (Å²) in [6.07, 6.45) is 7.89. The van der Waals surface area contributed by atoms with Crippen LogP contribution in [0.4, 0.5) is 5.82 Å². The molecule has 1 N–H and O–H groups in total. The number of ether oxygens (including phenoxy) is 1. The van der Waals surface area contributed by atoms with Crippen LogP contribution in [-0.4, -0.2) is 27.3 Å². The van der Waals surface area contributed by atoms with Crippen LogP contribution in [-0.2, 0) is 4.79 Å². The molecule has 2 heterocycles. The number of nitrogens with one attached hydrogen (secondary N) is 1. The SMILES string of the molecule is O=C(COc1cccnc1Cl)Nc1ccnn1C1CCCC1. The van der Waals surface area contributed by atoms with Crippen molar-refractivity contribution in [3.63, 3.8) is 0 Å². The minimum Gasteiger partial charge on any atom is -0.481 e. The molecule has 0 aliphatic heterocycles. The minimum absolute atomic E-state index is 0.124. The molecule has 1 aliphatic carbocycles. The van der Waals surface area contributed by atoms with E-state index < -0.39 is 0 Å². The first kappa shape index (κ1) is 14.8. The maximum absolute atomic E-state index is 12.0. The minimum atomic E-state index is -0.250. The fourth-order valence-corrected chi connectivity index (χ4v) is 2.83. The molecular formula is C15H17ClN4O2. The molecule has 22 heavy (non-hydrogen) atoms. The number of carbonyl (C=O) groups excluding carboxylic acids is 1. The first-order valence-electron chi connectivity index (χ1n) is 7.31. The summed E-state index contributed by atoms with van der Waals surface area (Å²) in [6.45, 7) is -0.124. The number of amides is 1. The Hall–Kier alpha value is -2.08. The predicted molar refractivity (Wildman–Crippen MR) is 83.1 cm³/mol. The maximum atomic E-state index is 12.0. The highest BCUT2D eigenvalue weighted by molar-refractivity contribution is 6.30. The first-order valence-corrected chi connectivity index (χ1v) is 7.68. The number of hydrogen-bond acceptors (Lipinski definition) is 4. The Morgan fingerprint density at radius 3 is 2.95 bits per heavy atom. The highest BCUT2D eigenvalue weighted by Crippen LogP contribution is 2.31. The van der Waals surface area contributed by atoms with Gasteiger partial charge >= 0.3 is 0 Å². The molecule has 2 aromatic heterocycles. The number of aromatic nitrogens is 3. The summed E-state index contributed by atoms with van der Waals surface area (Å²) in [7, 11) is 0. The van der Waals surface area contributed by atoms with E-state index in [2.05, 4.69) is 15.4 Å². The maximum Gasteiger partial charge on any atom is 0.263 e. The molecule has 116 valence electrons. The van der Waals surface area contributed by atoms with Crippen LogP contribution < -0.4 is 10.1 Å². The van der Waals surface area contributed by atoms with Crippen molar-refractivity contribution in [3.05, 3.63) is 35.7 Å². The van der Waals surface area contributed by atoms with Gasteiger partial charge < -0.3 is 10.1 Å². The number of anilines is 1. The molecule has 1 saturated carbocycles. The van der Waals surface area contributed by atoms with Crippen LogP contribution in [0.5, 0.6) is 5.75 Å². The van der Waals surface area contributed by atoms with Crippen LogP contribution in [0.2, 0.25) is 5.15 Å². The highest BCUT2D eigenvalue weighted by Gasteiger charge is 2.20. The largest absolute Gasteiger partial charge is 0.481 e. The van der Waals surface area contributed by atoms with Crippen LogP contribution in [0, 0.1) is 0 Å². The Labute approximate surface area is 133 Å². The van der Waals surface area contributed by atoms with Gasteiger partial charge in [0.2, 0.25) is 0 Å². The van der Waals surface area contributed by atoms with Gasteiger partial charge in [-0.3, -0.25) is 4.79 Å². The lowest BCUT2D eigenvalue weighted by Gasteiger charge is -2.14. The molecule has 0 spiro atoms. The zero-order chi connectivity index (χ0) is 15.4. The second kappa shape index (κ2) is 6.79. The van der Waals surface area contributed by atoms with Crippen molar-refractivity contribution in [1.82, 2.24) is 14.8 Å². The molecule has 0 radical (unpaired) electrons. The Morgan fingerprint density at radius 1 is 1.36 bits per heavy atom. The van der Waals surface area contributed by atoms with Crippen LogP contribution >= 0.6 is 11.6 Å². The Kier molecular flexibility index (Phi) is 4.58. The van der Waals surface area contributed by atoms with Crippen LogP contribution in [0.25, 0.3) is 0 Å². The summed E-state index contributed by atoms with van der Waals surface area (Å²) in [6, 6.07) is 5.55. The van der Waals surface area contributed by atoms with Gasteiger partial charge in [0.05, 0.1) is 12.2 Å². The molecule has 1 amide bonds. The molecule has 0 unspecified atom stereocenters. The van der Waals surface area contributed by atoms with Gasteiger partial charge in [0, 0.05) is 12.3 Å². The molecule has 0 saturated heterocycles. The summed E-state index contributed by atoms with van der Waals surface area (Å²) in [5.41, 5.74) is 0. The Morgan fingerprint density at radius 2 is 2.18 bits per heavy atom. The predicted octanol–water partition coefficient (Wildman–Crippen LogP) is 3.06. The van der Waals surface area contributed by atoms with E-state index in [4.69, 9.17) is 16.3 Å². The normalized spacial score (nSPS) is 15.0. The number of halogens is 1. The summed E-state index contributed by atoms with van der Waals surface area (Å²) in [5.74, 6) is 0.848. The third-order valence-electron chi connectivity index (χ3n) is 3.69. The molecule has 1 aliphatic rings. The standard InChI is InChI=1S/C15H17ClN4O2/c16-15-12(6-3-8-17-15)22-10-14(21)19-13-7-9-18-20(13)11-4-1-2-5-11/h3,6-9,11H,1-2,4-5,10H2,(H,19,21). The molecule has 2 aromatic rings. The van der Waals surface area contributed by atoms with Crippen molar-refractivity contribution in [2.75, 3.05) is 11.9 Å². The van der Waals surface area contributed by atoms with E-state index in [0.717, 1.165) is 12.8 Å². The van der Waals surface area contributed by atoms with Crippen LogP contribution in [0.15, 0.2) is 30.6 Å². The molecule has 0 aromatic carbocycles. The van der Waals surface area contributed by atoms with Crippen molar-refractivity contribution in [3.8, 4) is 5.75 Å². The summed E-state index contributed by atoms with van der Waals surface area (Å²) in [4.78, 5) is 15.9. The summed E-state index contributed by atoms with van der Waals surface area (Å²) < 4.78 is 7.27. The van der Waals surface area contributed by atoms with Crippen molar-refractivity contribution >= 4 is 23.3 Å². The number of hydrogen-bond donors (Lipinski definition) is 1. The van der Waals surface area contributed by atoms with Gasteiger partial charge in [-0.25, -0.2) is 9.67 Å². The van der Waals surface area contributed by atoms with Crippen LogP contribution in [0.1, 0.15) is 31.7 Å². The van der Waals surface area contributed by atoms with Gasteiger partial charge in [0.1, 0.15) is 5.82 Å². The van der Waals surface area contributed by atoms with E-state index in [9.17, 15) is 4.79 Å². The zero-order valence-electron chi connectivity index (χ0n) is 12.0. The first-order chi connectivity index (χ1) is 10.7. The molecular weight excluding hydrogens is 304 g/mol. The Balaban J connectivity index is 1.58. The summed E-state index contributed by atoms with van der Waals surface area (Å²) >= 11 is 5.88. The fraction of sp³-hybridized carbons (Fsp3) is 0.400. The van der Waals surface area contributed by atoms with Crippen LogP contribution in [0.3, 0.4) is 0 Å². The van der Waals surface area contributed by atoms with E-state index in [1.54, 1.807) is 30.6 Å². The van der Waals surface area contributed by atoms with Gasteiger partial charge in [0.25, 0.3) is 5.91 Å². The summed E-state index contributed by atoms with van der Waals surface area (Å²) in [5, 5.41) is 7.39. The lowest BCUT2D eigenvalue weighted by Crippen LogP contribution is -2.23. The number of pyridine rings is 1. The van der Waals surface area contributed by atoms with Gasteiger partial charge in [-0.15, -0.1) is 0 Å². The molecule has 1 fully saturated rings. The number of nitrogens with zero attached hydrogens (tertiary/aromatic N) is 3. The van der Waals surface area contributed by atoms with Gasteiger partial charge in [0.15, 0.2) is 17.5 Å². The molecule has 0 atom stereocenters. The lowest BCUT2D eigenvalue weighted by molar-refractivity contribution is -0.118. The van der Waals surface area contributed by atoms with Crippen molar-refractivity contribution < 1.29 is 9.53 Å². The molecule has 6 nitrogen and oxygen atoms in total. The smallest absolute Gasteiger partial charge is 0.263 e. The van der Waals surface area contributed by atoms with E-state index in [1.807, 2.05) is 4.68 Å². The average molecular weight is 321 g/mol. The fourth-order valence-electron chi connectivity index (χ4n) is 2.65. The van der Waals surface area contributed by atoms with E-state index in [1.165, 1.54) is 12.8 Å². The number of rotatable bonds is 5. The van der Waals surface area contributed by atoms with Crippen molar-refractivity contribution in [2.45, 2.75) is 31.7 Å². The zero-order valence-corrected chi connectivity index (χ0v) is 12.8. The van der Waals surface area contributed by atoms with Gasteiger partial charge in [-0.2, -0.15) is 5.10 Å². The molecule has 3 rings (SSSR count). The Bertz CT molecular complexity index is 652. The number of carbonyl (C=O) groups is 1. The second-order valence-corrected chi connectivity index (χ2v) is 5.59. The van der Waals surface area contributed by atoms with Crippen molar-refractivity contribution in [1.29, 1.82) is 0 Å². The second-order valence-electron chi connectivity index (χ2n) is 5.23. The lowest BCUT2D eigenvalue weighted by atomic mass is 10.2. The quantitative estimate of drug-likeness (QED) is 0.860.